The van der Waals surface area contributed by atoms with Gasteiger partial charge in [-0.2, -0.15) is 0 Å². The summed E-state index contributed by atoms with van der Waals surface area (Å²) in [7, 11) is 0. The molecule has 0 saturated heterocycles. The number of hydrogen-bond acceptors (Lipinski definition) is 3. The molecule has 1 aliphatic carbocycles. The molecule has 1 aromatic rings. The van der Waals surface area contributed by atoms with Crippen molar-refractivity contribution in [1.82, 2.24) is 5.32 Å². The number of aliphatic hydroxyl groups excluding tert-OH is 2. The lowest BCUT2D eigenvalue weighted by Crippen LogP contribution is -2.45. The van der Waals surface area contributed by atoms with Gasteiger partial charge in [0.1, 0.15) is 6.10 Å². The number of benzene rings is 1. The average molecular weight is 319 g/mol. The van der Waals surface area contributed by atoms with Crippen molar-refractivity contribution in [2.24, 2.45) is 11.8 Å². The minimum absolute atomic E-state index is 0.0114. The molecule has 4 heteroatoms. The molecule has 4 atom stereocenters. The van der Waals surface area contributed by atoms with Gasteiger partial charge in [0.25, 0.3) is 0 Å². The zero-order valence-corrected chi connectivity index (χ0v) is 13.9. The first kappa shape index (κ1) is 18.0. The van der Waals surface area contributed by atoms with Crippen LogP contribution in [-0.2, 0) is 4.79 Å². The molecular weight excluding hydrogens is 290 g/mol. The monoisotopic (exact) mass is 319 g/mol. The quantitative estimate of drug-likeness (QED) is 0.724. The number of amides is 1. The zero-order chi connectivity index (χ0) is 16.7. The summed E-state index contributed by atoms with van der Waals surface area (Å²) in [6.45, 7) is 1.91. The zero-order valence-electron chi connectivity index (χ0n) is 13.9. The minimum Gasteiger partial charge on any atom is -0.394 e. The van der Waals surface area contributed by atoms with Gasteiger partial charge in [-0.25, -0.2) is 0 Å². The van der Waals surface area contributed by atoms with Crippen molar-refractivity contribution >= 4 is 5.91 Å². The van der Waals surface area contributed by atoms with Crippen LogP contribution in [0.4, 0.5) is 0 Å². The fraction of sp³-hybridized carbons (Fsp3) is 0.632. The van der Waals surface area contributed by atoms with Crippen LogP contribution in [0.2, 0.25) is 0 Å². The van der Waals surface area contributed by atoms with E-state index >= 15 is 0 Å². The van der Waals surface area contributed by atoms with Crippen LogP contribution in [0.15, 0.2) is 30.3 Å². The molecule has 3 N–H and O–H groups in total. The van der Waals surface area contributed by atoms with E-state index in [-0.39, 0.29) is 18.4 Å². The first-order valence-corrected chi connectivity index (χ1v) is 8.80. The van der Waals surface area contributed by atoms with Crippen LogP contribution in [0, 0.1) is 11.8 Å². The molecule has 0 spiro atoms. The highest BCUT2D eigenvalue weighted by molar-refractivity contribution is 5.79. The van der Waals surface area contributed by atoms with Gasteiger partial charge < -0.3 is 15.5 Å². The Labute approximate surface area is 138 Å². The van der Waals surface area contributed by atoms with Gasteiger partial charge in [-0.05, 0) is 24.3 Å². The standard InChI is InChI=1S/C19H29NO3/c1-2-7-14-8-6-11-16(12-14)19(23)20-17(13-21)18(22)15-9-4-3-5-10-15/h3-5,9-10,14,16-18,21-22H,2,6-8,11-13H2,1H3,(H,20,23)/t14-,16+,17+,18+/m0/s1. The maximum Gasteiger partial charge on any atom is 0.223 e. The topological polar surface area (TPSA) is 69.6 Å². The van der Waals surface area contributed by atoms with Gasteiger partial charge >= 0.3 is 0 Å². The van der Waals surface area contributed by atoms with E-state index in [1.807, 2.05) is 18.2 Å². The summed E-state index contributed by atoms with van der Waals surface area (Å²) in [6, 6.07) is 8.50. The second-order valence-electron chi connectivity index (χ2n) is 6.67. The minimum atomic E-state index is -0.889. The van der Waals surface area contributed by atoms with Crippen molar-refractivity contribution in [3.05, 3.63) is 35.9 Å². The second kappa shape index (κ2) is 9.04. The van der Waals surface area contributed by atoms with Crippen LogP contribution in [0.5, 0.6) is 0 Å². The maximum absolute atomic E-state index is 12.5. The summed E-state index contributed by atoms with van der Waals surface area (Å²) in [5.74, 6) is 0.619. The summed E-state index contributed by atoms with van der Waals surface area (Å²) < 4.78 is 0. The van der Waals surface area contributed by atoms with Gasteiger partial charge in [0.15, 0.2) is 0 Å². The molecule has 23 heavy (non-hydrogen) atoms. The van der Waals surface area contributed by atoms with Gasteiger partial charge in [0.05, 0.1) is 12.6 Å². The lowest BCUT2D eigenvalue weighted by Gasteiger charge is -2.30. The fourth-order valence-corrected chi connectivity index (χ4v) is 3.61. The van der Waals surface area contributed by atoms with Crippen LogP contribution >= 0.6 is 0 Å². The van der Waals surface area contributed by atoms with E-state index in [1.165, 1.54) is 12.8 Å². The SMILES string of the molecule is CCC[C@H]1CCC[C@@H](C(=O)N[C@H](CO)[C@H](O)c2ccccc2)C1. The van der Waals surface area contributed by atoms with Crippen LogP contribution in [0.1, 0.15) is 57.1 Å². The molecule has 1 amide bonds. The van der Waals surface area contributed by atoms with E-state index in [1.54, 1.807) is 12.1 Å². The van der Waals surface area contributed by atoms with Crippen LogP contribution in [-0.4, -0.2) is 28.8 Å². The van der Waals surface area contributed by atoms with Crippen molar-refractivity contribution in [2.75, 3.05) is 6.61 Å². The van der Waals surface area contributed by atoms with E-state index in [4.69, 9.17) is 0 Å². The lowest BCUT2D eigenvalue weighted by atomic mass is 9.79. The van der Waals surface area contributed by atoms with E-state index in [9.17, 15) is 15.0 Å². The highest BCUT2D eigenvalue weighted by atomic mass is 16.3. The second-order valence-corrected chi connectivity index (χ2v) is 6.67. The summed E-state index contributed by atoms with van der Waals surface area (Å²) in [5, 5.41) is 22.8. The van der Waals surface area contributed by atoms with Gasteiger partial charge in [0, 0.05) is 5.92 Å². The van der Waals surface area contributed by atoms with Crippen molar-refractivity contribution in [2.45, 2.75) is 57.6 Å². The Morgan fingerprint density at radius 3 is 2.70 bits per heavy atom. The molecule has 2 rings (SSSR count). The molecule has 1 fully saturated rings. The third-order valence-corrected chi connectivity index (χ3v) is 4.90. The first-order valence-electron chi connectivity index (χ1n) is 8.80. The van der Waals surface area contributed by atoms with Crippen LogP contribution in [0.3, 0.4) is 0 Å². The fourth-order valence-electron chi connectivity index (χ4n) is 3.61. The Bertz CT molecular complexity index is 475. The maximum atomic E-state index is 12.5. The van der Waals surface area contributed by atoms with Crippen molar-refractivity contribution in [3.63, 3.8) is 0 Å². The molecule has 1 saturated carbocycles. The average Bonchev–Trinajstić information content (AvgIpc) is 2.60. The van der Waals surface area contributed by atoms with E-state index in [0.29, 0.717) is 11.5 Å². The highest BCUT2D eigenvalue weighted by Crippen LogP contribution is 2.32. The molecule has 128 valence electrons. The van der Waals surface area contributed by atoms with Crippen LogP contribution < -0.4 is 5.32 Å². The summed E-state index contributed by atoms with van der Waals surface area (Å²) in [6.07, 6.45) is 5.59. The number of rotatable bonds is 7. The Hall–Kier alpha value is -1.39. The smallest absolute Gasteiger partial charge is 0.223 e. The van der Waals surface area contributed by atoms with Crippen molar-refractivity contribution in [3.8, 4) is 0 Å². The lowest BCUT2D eigenvalue weighted by molar-refractivity contribution is -0.128. The molecule has 4 nitrogen and oxygen atoms in total. The van der Waals surface area contributed by atoms with Gasteiger partial charge in [0.2, 0.25) is 5.91 Å². The number of carbonyl (C=O) groups excluding carboxylic acids is 1. The van der Waals surface area contributed by atoms with Crippen molar-refractivity contribution in [1.29, 1.82) is 0 Å². The Balaban J connectivity index is 1.94. The van der Waals surface area contributed by atoms with E-state index in [2.05, 4.69) is 12.2 Å². The Morgan fingerprint density at radius 2 is 2.04 bits per heavy atom. The molecule has 0 aliphatic heterocycles. The van der Waals surface area contributed by atoms with Gasteiger partial charge in [-0.15, -0.1) is 0 Å². The molecule has 0 bridgehead atoms. The molecule has 0 heterocycles. The van der Waals surface area contributed by atoms with E-state index < -0.39 is 12.1 Å². The number of nitrogens with one attached hydrogen (secondary N) is 1. The predicted molar refractivity (Wildman–Crippen MR) is 90.8 cm³/mol. The van der Waals surface area contributed by atoms with Gasteiger partial charge in [-0.1, -0.05) is 62.9 Å². The third-order valence-electron chi connectivity index (χ3n) is 4.90. The summed E-state index contributed by atoms with van der Waals surface area (Å²) in [5.41, 5.74) is 0.708. The Morgan fingerprint density at radius 1 is 1.30 bits per heavy atom. The molecule has 0 unspecified atom stereocenters. The van der Waals surface area contributed by atoms with Crippen molar-refractivity contribution < 1.29 is 15.0 Å². The number of carbonyl (C=O) groups is 1. The van der Waals surface area contributed by atoms with E-state index in [0.717, 1.165) is 25.7 Å². The van der Waals surface area contributed by atoms with Gasteiger partial charge in [-0.3, -0.25) is 4.79 Å². The molecular formula is C19H29NO3. The molecule has 1 aliphatic rings. The summed E-state index contributed by atoms with van der Waals surface area (Å²) in [4.78, 5) is 12.5. The molecule has 1 aromatic carbocycles. The highest BCUT2D eigenvalue weighted by Gasteiger charge is 2.30. The normalized spacial score (nSPS) is 24.0. The Kier molecular flexibility index (Phi) is 7.06. The molecule has 0 aromatic heterocycles. The summed E-state index contributed by atoms with van der Waals surface area (Å²) >= 11 is 0. The third kappa shape index (κ3) is 5.05. The largest absolute Gasteiger partial charge is 0.394 e. The molecule has 0 radical (unpaired) electrons. The number of hydrogen-bond donors (Lipinski definition) is 3. The first-order chi connectivity index (χ1) is 11.2. The number of aliphatic hydroxyl groups is 2. The van der Waals surface area contributed by atoms with Crippen LogP contribution in [0.25, 0.3) is 0 Å². The predicted octanol–water partition coefficient (Wildman–Crippen LogP) is 2.80.